The maximum Gasteiger partial charge on any atom is 0.255 e. The van der Waals surface area contributed by atoms with Crippen molar-refractivity contribution in [3.05, 3.63) is 41.7 Å². The zero-order valence-corrected chi connectivity index (χ0v) is 22.3. The maximum absolute atomic E-state index is 13.4. The van der Waals surface area contributed by atoms with Crippen molar-refractivity contribution < 1.29 is 23.8 Å². The molecule has 0 unspecified atom stereocenters. The van der Waals surface area contributed by atoms with Gasteiger partial charge in [0.1, 0.15) is 23.6 Å². The second kappa shape index (κ2) is 11.4. The largest absolute Gasteiger partial charge is 0.497 e. The second-order valence-electron chi connectivity index (χ2n) is 10.3. The van der Waals surface area contributed by atoms with Crippen LogP contribution < -0.4 is 20.1 Å². The fourth-order valence-electron chi connectivity index (χ4n) is 5.21. The number of aryl methyl sites for hydroxylation is 1. The predicted molar refractivity (Wildman–Crippen MR) is 145 cm³/mol. The Labute approximate surface area is 222 Å². The molecule has 0 bridgehead atoms. The SMILES string of the molecule is COCC(=O)N[C@H]1CC[C@@H](NC(=O)c2c(C)[nH]c3c(-c4ccc(OC)cc4OCC4CC4)ccnc23)CC1. The van der Waals surface area contributed by atoms with Crippen LogP contribution in [0.1, 0.15) is 54.6 Å². The molecule has 38 heavy (non-hydrogen) atoms. The molecule has 5 rings (SSSR count). The summed E-state index contributed by atoms with van der Waals surface area (Å²) in [6.07, 6.45) is 7.39. The Kier molecular flexibility index (Phi) is 7.83. The van der Waals surface area contributed by atoms with Crippen LogP contribution in [-0.4, -0.2) is 61.3 Å². The third kappa shape index (κ3) is 5.78. The van der Waals surface area contributed by atoms with Gasteiger partial charge < -0.3 is 29.8 Å². The number of nitrogens with one attached hydrogen (secondary N) is 3. The Balaban J connectivity index is 1.34. The molecule has 0 aliphatic heterocycles. The van der Waals surface area contributed by atoms with Crippen molar-refractivity contribution in [2.24, 2.45) is 5.92 Å². The number of benzene rings is 1. The first-order valence-electron chi connectivity index (χ1n) is 13.3. The van der Waals surface area contributed by atoms with Gasteiger partial charge >= 0.3 is 0 Å². The van der Waals surface area contributed by atoms with E-state index >= 15 is 0 Å². The van der Waals surface area contributed by atoms with E-state index in [0.717, 1.165) is 59.5 Å². The molecule has 0 radical (unpaired) electrons. The summed E-state index contributed by atoms with van der Waals surface area (Å²) < 4.78 is 16.5. The first-order chi connectivity index (χ1) is 18.5. The third-order valence-corrected chi connectivity index (χ3v) is 7.46. The summed E-state index contributed by atoms with van der Waals surface area (Å²) in [4.78, 5) is 33.3. The van der Waals surface area contributed by atoms with E-state index in [2.05, 4.69) is 20.6 Å². The molecule has 0 spiro atoms. The molecule has 2 aliphatic rings. The van der Waals surface area contributed by atoms with Gasteiger partial charge in [0, 0.05) is 48.3 Å². The van der Waals surface area contributed by atoms with Crippen LogP contribution in [0.4, 0.5) is 0 Å². The van der Waals surface area contributed by atoms with Gasteiger partial charge in [-0.3, -0.25) is 14.6 Å². The summed E-state index contributed by atoms with van der Waals surface area (Å²) in [5, 5.41) is 6.20. The fourth-order valence-corrected chi connectivity index (χ4v) is 5.21. The highest BCUT2D eigenvalue weighted by Gasteiger charge is 2.27. The van der Waals surface area contributed by atoms with Crippen LogP contribution in [0.5, 0.6) is 11.5 Å². The van der Waals surface area contributed by atoms with Crippen molar-refractivity contribution in [2.75, 3.05) is 27.4 Å². The number of pyridine rings is 1. The molecule has 2 saturated carbocycles. The lowest BCUT2D eigenvalue weighted by molar-refractivity contribution is -0.125. The first kappa shape index (κ1) is 26.0. The molecule has 9 nitrogen and oxygen atoms in total. The number of hydrogen-bond acceptors (Lipinski definition) is 6. The van der Waals surface area contributed by atoms with E-state index in [4.69, 9.17) is 14.2 Å². The summed E-state index contributed by atoms with van der Waals surface area (Å²) >= 11 is 0. The van der Waals surface area contributed by atoms with E-state index in [-0.39, 0.29) is 30.5 Å². The smallest absolute Gasteiger partial charge is 0.255 e. The Morgan fingerprint density at radius 3 is 2.42 bits per heavy atom. The van der Waals surface area contributed by atoms with Crippen molar-refractivity contribution in [3.63, 3.8) is 0 Å². The number of H-pyrrole nitrogens is 1. The summed E-state index contributed by atoms with van der Waals surface area (Å²) in [7, 11) is 3.16. The molecule has 9 heteroatoms. The van der Waals surface area contributed by atoms with Crippen molar-refractivity contribution in [1.29, 1.82) is 0 Å². The van der Waals surface area contributed by atoms with Gasteiger partial charge in [-0.1, -0.05) is 0 Å². The molecule has 3 N–H and O–H groups in total. The van der Waals surface area contributed by atoms with E-state index in [9.17, 15) is 9.59 Å². The van der Waals surface area contributed by atoms with Gasteiger partial charge in [0.05, 0.1) is 24.8 Å². The van der Waals surface area contributed by atoms with Gasteiger partial charge in [0.25, 0.3) is 5.91 Å². The summed E-state index contributed by atoms with van der Waals surface area (Å²) in [5.74, 6) is 1.88. The number of fused-ring (bicyclic) bond motifs is 1. The second-order valence-corrected chi connectivity index (χ2v) is 10.3. The van der Waals surface area contributed by atoms with Gasteiger partial charge in [-0.15, -0.1) is 0 Å². The number of methoxy groups -OCH3 is 2. The van der Waals surface area contributed by atoms with Crippen LogP contribution in [0.25, 0.3) is 22.2 Å². The molecule has 202 valence electrons. The van der Waals surface area contributed by atoms with E-state index in [1.165, 1.54) is 20.0 Å². The summed E-state index contributed by atoms with van der Waals surface area (Å²) in [5.41, 5.74) is 4.64. The Bertz CT molecular complexity index is 1310. The average Bonchev–Trinajstić information content (AvgIpc) is 3.68. The predicted octanol–water partition coefficient (Wildman–Crippen LogP) is 4.14. The van der Waals surface area contributed by atoms with Crippen LogP contribution in [0.3, 0.4) is 0 Å². The highest BCUT2D eigenvalue weighted by molar-refractivity contribution is 6.09. The van der Waals surface area contributed by atoms with E-state index < -0.39 is 0 Å². The highest BCUT2D eigenvalue weighted by Crippen LogP contribution is 2.39. The summed E-state index contributed by atoms with van der Waals surface area (Å²) in [6, 6.07) is 7.95. The molecule has 2 aliphatic carbocycles. The molecule has 2 fully saturated rings. The van der Waals surface area contributed by atoms with E-state index in [1.54, 1.807) is 13.3 Å². The van der Waals surface area contributed by atoms with Gasteiger partial charge in [-0.25, -0.2) is 0 Å². The van der Waals surface area contributed by atoms with Crippen molar-refractivity contribution in [2.45, 2.75) is 57.5 Å². The molecule has 2 amide bonds. The van der Waals surface area contributed by atoms with Gasteiger partial charge in [-0.05, 0) is 69.6 Å². The average molecular weight is 521 g/mol. The molecular formula is C29H36N4O5. The molecule has 2 heterocycles. The van der Waals surface area contributed by atoms with Crippen molar-refractivity contribution >= 4 is 22.8 Å². The monoisotopic (exact) mass is 520 g/mol. The Morgan fingerprint density at radius 2 is 1.74 bits per heavy atom. The summed E-state index contributed by atoms with van der Waals surface area (Å²) in [6.45, 7) is 2.65. The Hall–Kier alpha value is -3.59. The lowest BCUT2D eigenvalue weighted by Gasteiger charge is -2.29. The zero-order chi connectivity index (χ0) is 26.6. The minimum atomic E-state index is -0.134. The highest BCUT2D eigenvalue weighted by atomic mass is 16.5. The minimum absolute atomic E-state index is 0.0506. The van der Waals surface area contributed by atoms with Crippen molar-refractivity contribution in [1.82, 2.24) is 20.6 Å². The standard InChI is InChI=1S/C29H36N4O5/c1-17-26(29(35)33-20-8-6-19(7-9-20)32-25(34)16-36-2)28-27(31-17)23(12-13-30-28)22-11-10-21(37-3)14-24(22)38-15-18-4-5-18/h10-14,18-20,31H,4-9,15-16H2,1-3H3,(H,32,34)(H,33,35)/t19-,20+. The quantitative estimate of drug-likeness (QED) is 0.370. The number of nitrogens with zero attached hydrogens (tertiary/aromatic N) is 1. The normalized spacial score (nSPS) is 19.2. The van der Waals surface area contributed by atoms with Gasteiger partial charge in [0.2, 0.25) is 5.91 Å². The molecule has 0 saturated heterocycles. The number of carbonyl (C=O) groups excluding carboxylic acids is 2. The molecule has 2 aromatic heterocycles. The number of amides is 2. The number of hydrogen-bond donors (Lipinski definition) is 3. The molecular weight excluding hydrogens is 484 g/mol. The third-order valence-electron chi connectivity index (χ3n) is 7.46. The lowest BCUT2D eigenvalue weighted by atomic mass is 9.91. The first-order valence-corrected chi connectivity index (χ1v) is 13.3. The van der Waals surface area contributed by atoms with Crippen LogP contribution in [0.2, 0.25) is 0 Å². The van der Waals surface area contributed by atoms with Crippen LogP contribution in [0.15, 0.2) is 30.5 Å². The fraction of sp³-hybridized carbons (Fsp3) is 0.483. The number of aromatic nitrogens is 2. The van der Waals surface area contributed by atoms with E-state index in [0.29, 0.717) is 23.6 Å². The molecule has 1 aromatic carbocycles. The van der Waals surface area contributed by atoms with Crippen LogP contribution >= 0.6 is 0 Å². The van der Waals surface area contributed by atoms with E-state index in [1.807, 2.05) is 31.2 Å². The Morgan fingerprint density at radius 1 is 1.00 bits per heavy atom. The van der Waals surface area contributed by atoms with Crippen LogP contribution in [0, 0.1) is 12.8 Å². The number of aromatic amines is 1. The molecule has 0 atom stereocenters. The maximum atomic E-state index is 13.4. The molecule has 3 aromatic rings. The number of carbonyl (C=O) groups is 2. The van der Waals surface area contributed by atoms with Crippen molar-refractivity contribution in [3.8, 4) is 22.6 Å². The minimum Gasteiger partial charge on any atom is -0.497 e. The lowest BCUT2D eigenvalue weighted by Crippen LogP contribution is -2.44. The van der Waals surface area contributed by atoms with Crippen LogP contribution in [-0.2, 0) is 9.53 Å². The number of ether oxygens (including phenoxy) is 3. The zero-order valence-electron chi connectivity index (χ0n) is 22.3. The van der Waals surface area contributed by atoms with Gasteiger partial charge in [0.15, 0.2) is 0 Å². The number of rotatable bonds is 10. The van der Waals surface area contributed by atoms with Gasteiger partial charge in [-0.2, -0.15) is 0 Å². The topological polar surface area (TPSA) is 115 Å².